The zero-order valence-electron chi connectivity index (χ0n) is 8.24. The highest BCUT2D eigenvalue weighted by atomic mass is 16.1. The van der Waals surface area contributed by atoms with Crippen molar-refractivity contribution in [2.45, 2.75) is 19.9 Å². The van der Waals surface area contributed by atoms with Crippen LogP contribution in [0.2, 0.25) is 0 Å². The molecule has 3 heteroatoms. The minimum atomic E-state index is -0.253. The third-order valence-corrected chi connectivity index (χ3v) is 1.79. The van der Waals surface area contributed by atoms with Crippen LogP contribution in [0.25, 0.3) is 0 Å². The molecular formula is C11H12N2O. The molecule has 1 unspecified atom stereocenters. The molecule has 0 aliphatic rings. The number of nitrogens with one attached hydrogen (secondary N) is 1. The van der Waals surface area contributed by atoms with Gasteiger partial charge in [-0.3, -0.25) is 9.78 Å². The molecule has 0 radical (unpaired) electrons. The number of amides is 1. The maximum Gasteiger partial charge on any atom is 0.296 e. The van der Waals surface area contributed by atoms with Gasteiger partial charge in [0.1, 0.15) is 0 Å². The molecule has 1 amide bonds. The Bertz CT molecular complexity index is 362. The summed E-state index contributed by atoms with van der Waals surface area (Å²) in [5, 5.41) is 2.76. The van der Waals surface area contributed by atoms with E-state index in [9.17, 15) is 4.79 Å². The number of hydrogen-bond acceptors (Lipinski definition) is 2. The van der Waals surface area contributed by atoms with Crippen LogP contribution in [0.3, 0.4) is 0 Å². The molecule has 14 heavy (non-hydrogen) atoms. The second-order valence-electron chi connectivity index (χ2n) is 2.85. The standard InChI is InChI=1S/C11H12N2O/c1-3-4-11(14)13-9(2)10-5-7-12-8-6-10/h5-9H,1-2H3,(H,13,14). The zero-order chi connectivity index (χ0) is 10.4. The second-order valence-corrected chi connectivity index (χ2v) is 2.85. The smallest absolute Gasteiger partial charge is 0.296 e. The normalized spacial score (nSPS) is 11.0. The van der Waals surface area contributed by atoms with Crippen LogP contribution in [0.1, 0.15) is 25.5 Å². The summed E-state index contributed by atoms with van der Waals surface area (Å²) < 4.78 is 0. The van der Waals surface area contributed by atoms with Crippen molar-refractivity contribution in [1.82, 2.24) is 10.3 Å². The number of pyridine rings is 1. The van der Waals surface area contributed by atoms with Crippen molar-refractivity contribution in [3.63, 3.8) is 0 Å². The third-order valence-electron chi connectivity index (χ3n) is 1.79. The maximum absolute atomic E-state index is 11.1. The van der Waals surface area contributed by atoms with E-state index >= 15 is 0 Å². The molecule has 3 nitrogen and oxygen atoms in total. The first-order valence-electron chi connectivity index (χ1n) is 4.37. The van der Waals surface area contributed by atoms with Crippen LogP contribution >= 0.6 is 0 Å². The monoisotopic (exact) mass is 188 g/mol. The average Bonchev–Trinajstić information content (AvgIpc) is 2.19. The Labute approximate surface area is 83.6 Å². The molecule has 0 saturated heterocycles. The summed E-state index contributed by atoms with van der Waals surface area (Å²) in [6, 6.07) is 3.70. The summed E-state index contributed by atoms with van der Waals surface area (Å²) in [4.78, 5) is 15.0. The van der Waals surface area contributed by atoms with Gasteiger partial charge in [-0.1, -0.05) is 5.92 Å². The second kappa shape index (κ2) is 5.03. The molecule has 1 aromatic heterocycles. The van der Waals surface area contributed by atoms with Crippen LogP contribution in [0.4, 0.5) is 0 Å². The minimum Gasteiger partial charge on any atom is -0.339 e. The Balaban J connectivity index is 2.62. The molecule has 0 aliphatic carbocycles. The van der Waals surface area contributed by atoms with Crippen LogP contribution in [0, 0.1) is 11.8 Å². The van der Waals surface area contributed by atoms with Gasteiger partial charge in [0.2, 0.25) is 0 Å². The van der Waals surface area contributed by atoms with Gasteiger partial charge in [-0.25, -0.2) is 0 Å². The van der Waals surface area contributed by atoms with Gasteiger partial charge >= 0.3 is 0 Å². The van der Waals surface area contributed by atoms with E-state index in [1.165, 1.54) is 0 Å². The average molecular weight is 188 g/mol. The molecule has 0 saturated carbocycles. The number of nitrogens with zero attached hydrogens (tertiary/aromatic N) is 1. The van der Waals surface area contributed by atoms with Crippen molar-refractivity contribution in [1.29, 1.82) is 0 Å². The van der Waals surface area contributed by atoms with Crippen molar-refractivity contribution in [2.24, 2.45) is 0 Å². The fraction of sp³-hybridized carbons (Fsp3) is 0.273. The van der Waals surface area contributed by atoms with Crippen molar-refractivity contribution >= 4 is 5.91 Å². The quantitative estimate of drug-likeness (QED) is 0.710. The van der Waals surface area contributed by atoms with Gasteiger partial charge in [-0.05, 0) is 37.5 Å². The molecule has 1 aromatic rings. The molecule has 0 bridgehead atoms. The molecule has 1 rings (SSSR count). The summed E-state index contributed by atoms with van der Waals surface area (Å²) in [6.45, 7) is 3.54. The SMILES string of the molecule is CC#CC(=O)NC(C)c1ccncc1. The van der Waals surface area contributed by atoms with Crippen LogP contribution in [0.5, 0.6) is 0 Å². The minimum absolute atomic E-state index is 0.0358. The van der Waals surface area contributed by atoms with Gasteiger partial charge in [-0.15, -0.1) is 0 Å². The summed E-state index contributed by atoms with van der Waals surface area (Å²) in [5.41, 5.74) is 1.02. The first-order valence-corrected chi connectivity index (χ1v) is 4.37. The third kappa shape index (κ3) is 2.91. The molecule has 72 valence electrons. The molecule has 0 spiro atoms. The van der Waals surface area contributed by atoms with Crippen molar-refractivity contribution in [3.8, 4) is 11.8 Å². The highest BCUT2D eigenvalue weighted by Gasteiger charge is 2.06. The van der Waals surface area contributed by atoms with Crippen molar-refractivity contribution in [3.05, 3.63) is 30.1 Å². The lowest BCUT2D eigenvalue weighted by Gasteiger charge is -2.11. The van der Waals surface area contributed by atoms with E-state index in [2.05, 4.69) is 22.1 Å². The fourth-order valence-corrected chi connectivity index (χ4v) is 1.08. The van der Waals surface area contributed by atoms with E-state index < -0.39 is 0 Å². The molecule has 1 heterocycles. The number of hydrogen-bond donors (Lipinski definition) is 1. The number of carbonyl (C=O) groups excluding carboxylic acids is 1. The topological polar surface area (TPSA) is 42.0 Å². The molecule has 0 aromatic carbocycles. The first kappa shape index (κ1) is 10.3. The Morgan fingerprint density at radius 2 is 2.14 bits per heavy atom. The van der Waals surface area contributed by atoms with E-state index in [1.54, 1.807) is 19.3 Å². The molecule has 0 fully saturated rings. The van der Waals surface area contributed by atoms with Gasteiger partial charge < -0.3 is 5.32 Å². The predicted molar refractivity (Wildman–Crippen MR) is 54.2 cm³/mol. The van der Waals surface area contributed by atoms with Crippen LogP contribution in [0.15, 0.2) is 24.5 Å². The highest BCUT2D eigenvalue weighted by Crippen LogP contribution is 2.09. The van der Waals surface area contributed by atoms with Crippen LogP contribution in [-0.4, -0.2) is 10.9 Å². The lowest BCUT2D eigenvalue weighted by atomic mass is 10.1. The molecule has 0 aliphatic heterocycles. The van der Waals surface area contributed by atoms with E-state index in [0.717, 1.165) is 5.56 Å². The van der Waals surface area contributed by atoms with E-state index in [-0.39, 0.29) is 11.9 Å². The van der Waals surface area contributed by atoms with Gasteiger partial charge in [0.15, 0.2) is 0 Å². The van der Waals surface area contributed by atoms with E-state index in [4.69, 9.17) is 0 Å². The Hall–Kier alpha value is -1.82. The van der Waals surface area contributed by atoms with Crippen LogP contribution < -0.4 is 5.32 Å². The van der Waals surface area contributed by atoms with Crippen molar-refractivity contribution in [2.75, 3.05) is 0 Å². The summed E-state index contributed by atoms with van der Waals surface area (Å²) in [7, 11) is 0. The first-order chi connectivity index (χ1) is 6.74. The molecular weight excluding hydrogens is 176 g/mol. The Morgan fingerprint density at radius 1 is 1.50 bits per heavy atom. The van der Waals surface area contributed by atoms with Gasteiger partial charge in [0.05, 0.1) is 6.04 Å². The van der Waals surface area contributed by atoms with E-state index in [1.807, 2.05) is 19.1 Å². The predicted octanol–water partition coefficient (Wildman–Crippen LogP) is 1.28. The van der Waals surface area contributed by atoms with E-state index in [0.29, 0.717) is 0 Å². The molecule has 1 N–H and O–H groups in total. The largest absolute Gasteiger partial charge is 0.339 e. The summed E-state index contributed by atoms with van der Waals surface area (Å²) >= 11 is 0. The Morgan fingerprint density at radius 3 is 2.71 bits per heavy atom. The Kier molecular flexibility index (Phi) is 3.69. The van der Waals surface area contributed by atoms with Crippen molar-refractivity contribution < 1.29 is 4.79 Å². The summed E-state index contributed by atoms with van der Waals surface area (Å²) in [5.74, 6) is 4.73. The highest BCUT2D eigenvalue weighted by molar-refractivity contribution is 5.93. The maximum atomic E-state index is 11.1. The van der Waals surface area contributed by atoms with Gasteiger partial charge in [0.25, 0.3) is 5.91 Å². The number of aromatic nitrogens is 1. The zero-order valence-corrected chi connectivity index (χ0v) is 8.24. The lowest BCUT2D eigenvalue weighted by Crippen LogP contribution is -2.24. The fourth-order valence-electron chi connectivity index (χ4n) is 1.08. The summed E-state index contributed by atoms with van der Waals surface area (Å²) in [6.07, 6.45) is 3.40. The lowest BCUT2D eigenvalue weighted by molar-refractivity contribution is -0.116. The molecule has 1 atom stereocenters. The number of carbonyl (C=O) groups is 1. The number of rotatable bonds is 2. The van der Waals surface area contributed by atoms with Gasteiger partial charge in [0, 0.05) is 12.4 Å². The van der Waals surface area contributed by atoms with Gasteiger partial charge in [-0.2, -0.15) is 0 Å². The van der Waals surface area contributed by atoms with Crippen LogP contribution in [-0.2, 0) is 4.79 Å².